The Morgan fingerprint density at radius 2 is 2.00 bits per heavy atom. The Morgan fingerprint density at radius 1 is 1.24 bits per heavy atom. The molecule has 1 aliphatic carbocycles. The van der Waals surface area contributed by atoms with Crippen molar-refractivity contribution in [1.82, 2.24) is 0 Å². The van der Waals surface area contributed by atoms with Gasteiger partial charge in [0.15, 0.2) is 0 Å². The quantitative estimate of drug-likeness (QED) is 0.313. The molecule has 0 spiro atoms. The number of hydrogen-bond acceptors (Lipinski definition) is 4. The number of hydrogen-bond donors (Lipinski definition) is 0. The summed E-state index contributed by atoms with van der Waals surface area (Å²) >= 11 is 0. The number of halogens is 1. The van der Waals surface area contributed by atoms with Gasteiger partial charge in [-0.05, 0) is 62.8 Å². The van der Waals surface area contributed by atoms with Gasteiger partial charge in [0.1, 0.15) is 23.9 Å². The number of carbonyl (C=O) groups excluding carboxylic acids is 2. The van der Waals surface area contributed by atoms with E-state index in [9.17, 15) is 14.0 Å². The summed E-state index contributed by atoms with van der Waals surface area (Å²) < 4.78 is 23.6. The molecule has 1 saturated heterocycles. The fourth-order valence-corrected chi connectivity index (χ4v) is 3.87. The van der Waals surface area contributed by atoms with Crippen molar-refractivity contribution in [1.29, 1.82) is 0 Å². The predicted octanol–water partition coefficient (Wildman–Crippen LogP) is 5.07. The maximum absolute atomic E-state index is 12.9. The van der Waals surface area contributed by atoms with Crippen LogP contribution in [0.1, 0.15) is 57.9 Å². The first kappa shape index (κ1) is 21.3. The van der Waals surface area contributed by atoms with Gasteiger partial charge in [-0.1, -0.05) is 36.3 Å². The topological polar surface area (TPSA) is 52.6 Å². The van der Waals surface area contributed by atoms with Crippen LogP contribution in [-0.4, -0.2) is 24.6 Å². The molecule has 0 saturated carbocycles. The van der Waals surface area contributed by atoms with Gasteiger partial charge < -0.3 is 9.47 Å². The Morgan fingerprint density at radius 3 is 2.69 bits per heavy atom. The molecule has 1 fully saturated rings. The van der Waals surface area contributed by atoms with Gasteiger partial charge in [-0.2, -0.15) is 0 Å². The standard InChI is InChI=1S/C24H29FO4/c1-17(2)12-13-24-15-19(14-21(24)29-23(24)27)16-28-22(26)7-5-3-4-6-18-8-10-20(25)11-9-18/h8-12,15,21H,3-7,13-14,16H2,1-2H3/t21-,24+/m0/s1. The van der Waals surface area contributed by atoms with Gasteiger partial charge in [0.2, 0.25) is 0 Å². The molecule has 1 aromatic rings. The van der Waals surface area contributed by atoms with E-state index in [0.717, 1.165) is 36.8 Å². The molecule has 0 amide bonds. The van der Waals surface area contributed by atoms with E-state index in [4.69, 9.17) is 9.47 Å². The number of fused-ring (bicyclic) bond motifs is 1. The number of ether oxygens (including phenoxy) is 2. The molecule has 2 atom stereocenters. The normalized spacial score (nSPS) is 22.2. The lowest BCUT2D eigenvalue weighted by molar-refractivity contribution is -0.194. The molecule has 0 radical (unpaired) electrons. The zero-order valence-electron chi connectivity index (χ0n) is 17.2. The average molecular weight is 400 g/mol. The number of rotatable bonds is 10. The number of unbranched alkanes of at least 4 members (excludes halogenated alkanes) is 2. The number of esters is 2. The van der Waals surface area contributed by atoms with Crippen LogP contribution in [0, 0.1) is 11.2 Å². The van der Waals surface area contributed by atoms with Crippen molar-refractivity contribution in [3.8, 4) is 0 Å². The highest BCUT2D eigenvalue weighted by Crippen LogP contribution is 2.50. The predicted molar refractivity (Wildman–Crippen MR) is 109 cm³/mol. The second-order valence-electron chi connectivity index (χ2n) is 8.27. The maximum atomic E-state index is 12.9. The molecule has 0 N–H and O–H groups in total. The van der Waals surface area contributed by atoms with Crippen LogP contribution >= 0.6 is 0 Å². The van der Waals surface area contributed by atoms with Crippen molar-refractivity contribution in [2.45, 2.75) is 64.9 Å². The molecule has 3 rings (SSSR count). The van der Waals surface area contributed by atoms with E-state index >= 15 is 0 Å². The Kier molecular flexibility index (Phi) is 6.88. The summed E-state index contributed by atoms with van der Waals surface area (Å²) in [4.78, 5) is 24.0. The first-order valence-corrected chi connectivity index (χ1v) is 10.3. The van der Waals surface area contributed by atoms with Crippen LogP contribution in [0.2, 0.25) is 0 Å². The lowest BCUT2D eigenvalue weighted by atomic mass is 9.77. The molecule has 4 nitrogen and oxygen atoms in total. The molecule has 0 aromatic heterocycles. The fraction of sp³-hybridized carbons (Fsp3) is 0.500. The maximum Gasteiger partial charge on any atom is 0.320 e. The first-order chi connectivity index (χ1) is 13.9. The monoisotopic (exact) mass is 400 g/mol. The van der Waals surface area contributed by atoms with Gasteiger partial charge in [-0.25, -0.2) is 4.39 Å². The lowest BCUT2D eigenvalue weighted by Gasteiger charge is -2.41. The van der Waals surface area contributed by atoms with Gasteiger partial charge in [-0.3, -0.25) is 9.59 Å². The largest absolute Gasteiger partial charge is 0.461 e. The van der Waals surface area contributed by atoms with Crippen molar-refractivity contribution >= 4 is 11.9 Å². The summed E-state index contributed by atoms with van der Waals surface area (Å²) in [7, 11) is 0. The first-order valence-electron chi connectivity index (χ1n) is 10.3. The SMILES string of the molecule is CC(C)=CC[C@@]12C=C(COC(=O)CCCCCc3ccc(F)cc3)C[C@@H]1OC2=O. The summed E-state index contributed by atoms with van der Waals surface area (Å²) in [6, 6.07) is 6.54. The highest BCUT2D eigenvalue weighted by molar-refractivity contribution is 5.87. The van der Waals surface area contributed by atoms with Gasteiger partial charge in [0.25, 0.3) is 0 Å². The molecule has 156 valence electrons. The molecule has 29 heavy (non-hydrogen) atoms. The van der Waals surface area contributed by atoms with E-state index in [0.29, 0.717) is 19.3 Å². The summed E-state index contributed by atoms with van der Waals surface area (Å²) in [6.45, 7) is 4.26. The summed E-state index contributed by atoms with van der Waals surface area (Å²) in [5, 5.41) is 0. The van der Waals surface area contributed by atoms with E-state index in [2.05, 4.69) is 6.08 Å². The van der Waals surface area contributed by atoms with Crippen LogP contribution in [0.15, 0.2) is 47.6 Å². The second kappa shape index (κ2) is 9.38. The van der Waals surface area contributed by atoms with Crippen LogP contribution in [0.25, 0.3) is 0 Å². The van der Waals surface area contributed by atoms with Crippen LogP contribution in [0.3, 0.4) is 0 Å². The number of benzene rings is 1. The highest BCUT2D eigenvalue weighted by atomic mass is 19.1. The number of aryl methyl sites for hydroxylation is 1. The molecule has 0 bridgehead atoms. The summed E-state index contributed by atoms with van der Waals surface area (Å²) in [6.07, 6.45) is 9.11. The Bertz CT molecular complexity index is 805. The van der Waals surface area contributed by atoms with Crippen molar-refractivity contribution < 1.29 is 23.5 Å². The molecule has 0 unspecified atom stereocenters. The van der Waals surface area contributed by atoms with Gasteiger partial charge in [-0.15, -0.1) is 0 Å². The van der Waals surface area contributed by atoms with E-state index in [-0.39, 0.29) is 30.5 Å². The van der Waals surface area contributed by atoms with Crippen LogP contribution in [-0.2, 0) is 25.5 Å². The molecule has 1 aromatic carbocycles. The smallest absolute Gasteiger partial charge is 0.320 e. The molecular formula is C24H29FO4. The lowest BCUT2D eigenvalue weighted by Crippen LogP contribution is -2.52. The summed E-state index contributed by atoms with van der Waals surface area (Å²) in [5.41, 5.74) is 2.69. The van der Waals surface area contributed by atoms with Crippen molar-refractivity contribution in [3.05, 3.63) is 58.9 Å². The zero-order chi connectivity index (χ0) is 20.9. The van der Waals surface area contributed by atoms with E-state index in [1.54, 1.807) is 12.1 Å². The number of carbonyl (C=O) groups is 2. The van der Waals surface area contributed by atoms with Crippen molar-refractivity contribution in [3.63, 3.8) is 0 Å². The minimum absolute atomic E-state index is 0.120. The molecular weight excluding hydrogens is 371 g/mol. The van der Waals surface area contributed by atoms with E-state index in [1.807, 2.05) is 19.9 Å². The zero-order valence-corrected chi connectivity index (χ0v) is 17.2. The van der Waals surface area contributed by atoms with Crippen molar-refractivity contribution in [2.75, 3.05) is 6.61 Å². The molecule has 5 heteroatoms. The van der Waals surface area contributed by atoms with Gasteiger partial charge in [0.05, 0.1) is 0 Å². The van der Waals surface area contributed by atoms with Gasteiger partial charge >= 0.3 is 11.9 Å². The highest BCUT2D eigenvalue weighted by Gasteiger charge is 2.59. The molecule has 1 aliphatic heterocycles. The minimum Gasteiger partial charge on any atom is -0.461 e. The van der Waals surface area contributed by atoms with Crippen molar-refractivity contribution in [2.24, 2.45) is 5.41 Å². The molecule has 1 heterocycles. The third kappa shape index (κ3) is 5.34. The van der Waals surface area contributed by atoms with E-state index < -0.39 is 5.41 Å². The Labute approximate surface area is 171 Å². The third-order valence-corrected chi connectivity index (χ3v) is 5.64. The van der Waals surface area contributed by atoms with Crippen LogP contribution in [0.4, 0.5) is 4.39 Å². The van der Waals surface area contributed by atoms with E-state index in [1.165, 1.54) is 17.7 Å². The number of allylic oxidation sites excluding steroid dienone is 2. The van der Waals surface area contributed by atoms with Crippen LogP contribution in [0.5, 0.6) is 0 Å². The third-order valence-electron chi connectivity index (χ3n) is 5.64. The molecule has 2 aliphatic rings. The Hall–Kier alpha value is -2.43. The average Bonchev–Trinajstić information content (AvgIpc) is 2.98. The minimum atomic E-state index is -0.556. The fourth-order valence-electron chi connectivity index (χ4n) is 3.87. The van der Waals surface area contributed by atoms with Crippen LogP contribution < -0.4 is 0 Å². The van der Waals surface area contributed by atoms with Gasteiger partial charge in [0, 0.05) is 12.8 Å². The summed E-state index contributed by atoms with van der Waals surface area (Å²) in [5.74, 6) is -0.610. The Balaban J connectivity index is 1.35. The second-order valence-corrected chi connectivity index (χ2v) is 8.27.